The summed E-state index contributed by atoms with van der Waals surface area (Å²) >= 11 is 0. The van der Waals surface area contributed by atoms with Crippen LogP contribution in [0.5, 0.6) is 28.7 Å². The Morgan fingerprint density at radius 3 is 1.42 bits per heavy atom. The third-order valence-electron chi connectivity index (χ3n) is 18.3. The maximum absolute atomic E-state index is 10.3. The van der Waals surface area contributed by atoms with Gasteiger partial charge in [-0.05, 0) is 176 Å². The van der Waals surface area contributed by atoms with Gasteiger partial charge in [-0.2, -0.15) is 15.8 Å². The highest BCUT2D eigenvalue weighted by Crippen LogP contribution is 2.42. The Morgan fingerprint density at radius 1 is 0.462 bits per heavy atom. The van der Waals surface area contributed by atoms with Gasteiger partial charge in [-0.25, -0.2) is 0 Å². The zero-order valence-electron chi connectivity index (χ0n) is 56.8. The number of nitrogens with one attached hydrogen (secondary N) is 1. The molecule has 0 spiro atoms. The molecule has 7 rings (SSSR count). The topological polar surface area (TPSA) is 214 Å². The van der Waals surface area contributed by atoms with Gasteiger partial charge in [0.2, 0.25) is 0 Å². The fraction of sp³-hybridized carbons (Fsp3) is 0.430. The molecular weight excluding hydrogens is 1160 g/mol. The summed E-state index contributed by atoms with van der Waals surface area (Å²) in [6.07, 6.45) is 7.00. The van der Waals surface area contributed by atoms with Gasteiger partial charge < -0.3 is 54.3 Å². The predicted octanol–water partition coefficient (Wildman–Crippen LogP) is 14.7. The SMILES string of the molecule is CC(NCCC(c1ccccc1)c1ccccc1)c1ccccc1.COc1ccc(CCC(C#N)CCC[C@](C#N)(c2cc(CO)c(CO)c(OC)c2)C(C)C)cc1OC.COc1ccc(CCN(C)CCC[C@@](C#N)(c2ccc(CO)c(CO)c2)C(C)C)cc1OC. The van der Waals surface area contributed by atoms with E-state index < -0.39 is 10.8 Å². The third-order valence-corrected chi connectivity index (χ3v) is 18.3. The molecule has 0 heterocycles. The molecule has 496 valence electrons. The lowest BCUT2D eigenvalue weighted by atomic mass is 9.68. The fourth-order valence-corrected chi connectivity index (χ4v) is 12.3. The van der Waals surface area contributed by atoms with Crippen LogP contribution in [0.15, 0.2) is 158 Å². The molecule has 0 bridgehead atoms. The highest BCUT2D eigenvalue weighted by Gasteiger charge is 2.38. The lowest BCUT2D eigenvalue weighted by Crippen LogP contribution is -2.33. The van der Waals surface area contributed by atoms with E-state index in [9.17, 15) is 36.2 Å². The second-order valence-electron chi connectivity index (χ2n) is 24.4. The maximum atomic E-state index is 10.3. The van der Waals surface area contributed by atoms with E-state index in [4.69, 9.17) is 23.7 Å². The molecule has 0 aliphatic carbocycles. The van der Waals surface area contributed by atoms with E-state index in [1.807, 2.05) is 62.4 Å². The number of ether oxygens (including phenoxy) is 5. The molecule has 93 heavy (non-hydrogen) atoms. The van der Waals surface area contributed by atoms with E-state index in [2.05, 4.69) is 153 Å². The molecule has 0 saturated carbocycles. The van der Waals surface area contributed by atoms with Gasteiger partial charge in [0.05, 0.1) is 91.0 Å². The summed E-state index contributed by atoms with van der Waals surface area (Å²) in [4.78, 5) is 2.28. The van der Waals surface area contributed by atoms with Crippen LogP contribution in [0.3, 0.4) is 0 Å². The predicted molar refractivity (Wildman–Crippen MR) is 370 cm³/mol. The molecule has 0 saturated heterocycles. The van der Waals surface area contributed by atoms with Gasteiger partial charge >= 0.3 is 0 Å². The van der Waals surface area contributed by atoms with Gasteiger partial charge in [0.25, 0.3) is 0 Å². The van der Waals surface area contributed by atoms with Crippen LogP contribution in [-0.4, -0.2) is 87.6 Å². The van der Waals surface area contributed by atoms with Crippen molar-refractivity contribution in [2.75, 3.05) is 62.2 Å². The number of likely N-dealkylation sites (N-methyl/N-ethyl adjacent to an activating group) is 1. The van der Waals surface area contributed by atoms with Crippen LogP contribution < -0.4 is 29.0 Å². The summed E-state index contributed by atoms with van der Waals surface area (Å²) in [5.74, 6) is 3.68. The van der Waals surface area contributed by atoms with E-state index >= 15 is 0 Å². The Bertz CT molecular complexity index is 3390. The number of nitriles is 3. The van der Waals surface area contributed by atoms with Crippen LogP contribution >= 0.6 is 0 Å². The average molecular weight is 1260 g/mol. The first-order valence-corrected chi connectivity index (χ1v) is 32.5. The first-order valence-electron chi connectivity index (χ1n) is 32.5. The van der Waals surface area contributed by atoms with Crippen LogP contribution in [0, 0.1) is 51.7 Å². The van der Waals surface area contributed by atoms with Crippen LogP contribution in [0.25, 0.3) is 0 Å². The van der Waals surface area contributed by atoms with E-state index in [1.54, 1.807) is 40.6 Å². The monoisotopic (exact) mass is 1260 g/mol. The first-order chi connectivity index (χ1) is 45.0. The second kappa shape index (κ2) is 39.3. The number of hydrogen-bond donors (Lipinski definition) is 5. The summed E-state index contributed by atoms with van der Waals surface area (Å²) in [5, 5.41) is 72.8. The number of rotatable bonds is 34. The summed E-state index contributed by atoms with van der Waals surface area (Å²) in [6, 6.07) is 61.2. The normalized spacial score (nSPS) is 13.0. The van der Waals surface area contributed by atoms with Gasteiger partial charge in [-0.3, -0.25) is 0 Å². The number of aryl methyl sites for hydroxylation is 1. The molecule has 0 aliphatic heterocycles. The molecule has 0 amide bonds. The lowest BCUT2D eigenvalue weighted by Gasteiger charge is -2.33. The summed E-state index contributed by atoms with van der Waals surface area (Å²) in [5.41, 5.74) is 9.07. The van der Waals surface area contributed by atoms with Gasteiger partial charge in [0, 0.05) is 30.0 Å². The molecule has 4 atom stereocenters. The number of hydrogen-bond acceptors (Lipinski definition) is 14. The fourth-order valence-electron chi connectivity index (χ4n) is 12.3. The van der Waals surface area contributed by atoms with Crippen molar-refractivity contribution in [3.05, 3.63) is 219 Å². The summed E-state index contributed by atoms with van der Waals surface area (Å²) in [7, 11) is 10.1. The molecule has 0 aliphatic rings. The third kappa shape index (κ3) is 21.1. The van der Waals surface area contributed by atoms with Crippen molar-refractivity contribution in [2.45, 2.75) is 142 Å². The smallest absolute Gasteiger partial charge is 0.160 e. The number of aliphatic hydroxyl groups is 4. The van der Waals surface area contributed by atoms with Crippen LogP contribution in [0.4, 0.5) is 0 Å². The lowest BCUT2D eigenvalue weighted by molar-refractivity contribution is 0.253. The molecular formula is C79H101N5O9. The molecule has 0 radical (unpaired) electrons. The van der Waals surface area contributed by atoms with E-state index in [1.165, 1.54) is 29.4 Å². The minimum absolute atomic E-state index is 0.00831. The Kier molecular flexibility index (Phi) is 31.9. The standard InChI is InChI=1S/C29H38N2O5.C27H38N2O4.C23H25N/c1-20(2)29(19-31,24-14-23(17-32)25(18-33)27(15-24)35-4)12-6-7-22(16-30)9-8-21-10-11-26(34-3)28(13-21)36-5;1-20(2)27(19-28,24-9-8-22(17-30)23(16-24)18-31)12-6-13-29(3)14-11-21-7-10-25(32-4)26(15-21)33-5;1-19(20-11-5-2-6-12-20)24-18-17-23(21-13-7-3-8-14-21)22-15-9-4-10-16-22/h10-11,13-15,20,22,32-33H,6-9,12,17-18H2,1-5H3;7-10,15-16,20,30-31H,6,11-14,17-18H2,1-5H3;2-16,19,23-24H,17-18H2,1H3/t22?,29-;27-;/m10./s1. The Labute approximate surface area is 555 Å². The quantitative estimate of drug-likeness (QED) is 0.0254. The van der Waals surface area contributed by atoms with Gasteiger partial charge in [0.1, 0.15) is 5.75 Å². The van der Waals surface area contributed by atoms with Crippen molar-refractivity contribution in [1.82, 2.24) is 10.2 Å². The van der Waals surface area contributed by atoms with Crippen LogP contribution in [0.2, 0.25) is 0 Å². The highest BCUT2D eigenvalue weighted by atomic mass is 16.5. The molecule has 14 heteroatoms. The largest absolute Gasteiger partial charge is 0.496 e. The van der Waals surface area contributed by atoms with Crippen molar-refractivity contribution in [2.24, 2.45) is 17.8 Å². The number of methoxy groups -OCH3 is 5. The molecule has 14 nitrogen and oxygen atoms in total. The first kappa shape index (κ1) is 75.5. The molecule has 2 unspecified atom stereocenters. The van der Waals surface area contributed by atoms with E-state index in [0.29, 0.717) is 77.1 Å². The molecule has 0 fully saturated rings. The number of benzene rings is 7. The Balaban J connectivity index is 0.000000257. The zero-order chi connectivity index (χ0) is 67.8. The number of nitrogens with zero attached hydrogens (tertiary/aromatic N) is 4. The Morgan fingerprint density at radius 2 is 0.946 bits per heavy atom. The number of aliphatic hydroxyl groups excluding tert-OH is 4. The average Bonchev–Trinajstić information content (AvgIpc) is 0.796. The molecule has 0 aromatic heterocycles. The van der Waals surface area contributed by atoms with Gasteiger partial charge in [0.15, 0.2) is 23.0 Å². The summed E-state index contributed by atoms with van der Waals surface area (Å²) < 4.78 is 26.8. The van der Waals surface area contributed by atoms with Crippen molar-refractivity contribution < 1.29 is 44.1 Å². The van der Waals surface area contributed by atoms with Crippen molar-refractivity contribution in [3.8, 4) is 47.0 Å². The maximum Gasteiger partial charge on any atom is 0.160 e. The van der Waals surface area contributed by atoms with Crippen molar-refractivity contribution in [1.29, 1.82) is 15.8 Å². The minimum Gasteiger partial charge on any atom is -0.496 e. The van der Waals surface area contributed by atoms with Crippen molar-refractivity contribution in [3.63, 3.8) is 0 Å². The van der Waals surface area contributed by atoms with E-state index in [0.717, 1.165) is 79.9 Å². The summed E-state index contributed by atoms with van der Waals surface area (Å²) in [6.45, 7) is 12.4. The Hall–Kier alpha value is -8.23. The molecule has 5 N–H and O–H groups in total. The minimum atomic E-state index is -0.811. The highest BCUT2D eigenvalue weighted by molar-refractivity contribution is 5.49. The van der Waals surface area contributed by atoms with Crippen LogP contribution in [0.1, 0.15) is 153 Å². The molecule has 7 aromatic rings. The second-order valence-corrected chi connectivity index (χ2v) is 24.4. The van der Waals surface area contributed by atoms with E-state index in [-0.39, 0.29) is 44.2 Å². The molecule has 7 aromatic carbocycles. The van der Waals surface area contributed by atoms with Crippen molar-refractivity contribution >= 4 is 0 Å². The van der Waals surface area contributed by atoms with Crippen LogP contribution in [-0.2, 0) is 50.1 Å². The van der Waals surface area contributed by atoms with Gasteiger partial charge in [-0.1, -0.05) is 162 Å². The zero-order valence-corrected chi connectivity index (χ0v) is 56.8. The van der Waals surface area contributed by atoms with Gasteiger partial charge in [-0.15, -0.1) is 0 Å².